The second-order valence-corrected chi connectivity index (χ2v) is 4.81. The van der Waals surface area contributed by atoms with Crippen LogP contribution in [-0.2, 0) is 6.42 Å². The van der Waals surface area contributed by atoms with E-state index in [2.05, 4.69) is 44.9 Å². The Bertz CT molecular complexity index is 361. The topological polar surface area (TPSA) is 12.5 Å². The van der Waals surface area contributed by atoms with Crippen molar-refractivity contribution < 1.29 is 4.74 Å². The van der Waals surface area contributed by atoms with E-state index in [1.807, 2.05) is 0 Å². The fraction of sp³-hybridized carbons (Fsp3) is 0.538. The van der Waals surface area contributed by atoms with Gasteiger partial charge in [0.1, 0.15) is 19.7 Å². The molecule has 2 nitrogen and oxygen atoms in total. The van der Waals surface area contributed by atoms with Crippen molar-refractivity contribution in [2.75, 3.05) is 20.1 Å². The Morgan fingerprint density at radius 1 is 1.44 bits per heavy atom. The normalized spacial score (nSPS) is 17.1. The summed E-state index contributed by atoms with van der Waals surface area (Å²) < 4.78 is 5.94. The van der Waals surface area contributed by atoms with Gasteiger partial charge in [-0.1, -0.05) is 18.5 Å². The van der Waals surface area contributed by atoms with Crippen molar-refractivity contribution in [2.45, 2.75) is 25.8 Å². The van der Waals surface area contributed by atoms with Gasteiger partial charge < -0.3 is 4.74 Å². The van der Waals surface area contributed by atoms with Crippen LogP contribution >= 0.6 is 0 Å². The molecular formula is C13H20BNO. The Labute approximate surface area is 99.0 Å². The molecule has 0 saturated carbocycles. The van der Waals surface area contributed by atoms with Crippen molar-refractivity contribution in [3.8, 4) is 5.75 Å². The molecule has 1 heterocycles. The Hall–Kier alpha value is -0.955. The molecule has 86 valence electrons. The van der Waals surface area contributed by atoms with Crippen LogP contribution in [0.25, 0.3) is 0 Å². The Morgan fingerprint density at radius 3 is 2.75 bits per heavy atom. The maximum atomic E-state index is 5.94. The van der Waals surface area contributed by atoms with E-state index in [0.29, 0.717) is 6.10 Å². The Kier molecular flexibility index (Phi) is 3.54. The van der Waals surface area contributed by atoms with Crippen molar-refractivity contribution >= 4 is 7.85 Å². The molecule has 1 aliphatic heterocycles. The number of benzene rings is 1. The van der Waals surface area contributed by atoms with Crippen LogP contribution in [-0.4, -0.2) is 39.0 Å². The third-order valence-electron chi connectivity index (χ3n) is 3.10. The number of hydrogen-bond donors (Lipinski definition) is 0. The average molecular weight is 217 g/mol. The van der Waals surface area contributed by atoms with E-state index in [9.17, 15) is 0 Å². The van der Waals surface area contributed by atoms with Gasteiger partial charge in [-0.05, 0) is 37.6 Å². The monoisotopic (exact) mass is 217 g/mol. The summed E-state index contributed by atoms with van der Waals surface area (Å²) in [4.78, 5) is 2.27. The fourth-order valence-electron chi connectivity index (χ4n) is 2.18. The van der Waals surface area contributed by atoms with E-state index in [1.54, 1.807) is 0 Å². The molecule has 1 aromatic carbocycles. The molecule has 1 aliphatic rings. The van der Waals surface area contributed by atoms with E-state index in [4.69, 9.17) is 4.74 Å². The van der Waals surface area contributed by atoms with Crippen molar-refractivity contribution in [1.29, 1.82) is 0 Å². The number of likely N-dealkylation sites (tertiary alicyclic amines) is 1. The molecule has 1 fully saturated rings. The fourth-order valence-corrected chi connectivity index (χ4v) is 2.18. The second kappa shape index (κ2) is 4.92. The molecule has 16 heavy (non-hydrogen) atoms. The molecular weight excluding hydrogens is 197 g/mol. The third-order valence-corrected chi connectivity index (χ3v) is 3.10. The molecule has 0 aliphatic carbocycles. The maximum absolute atomic E-state index is 5.94. The van der Waals surface area contributed by atoms with Gasteiger partial charge in [0.15, 0.2) is 0 Å². The number of likely N-dealkylation sites (N-methyl/N-ethyl adjacent to an activating group) is 1. The Morgan fingerprint density at radius 2 is 2.19 bits per heavy atom. The van der Waals surface area contributed by atoms with Crippen LogP contribution < -0.4 is 4.74 Å². The van der Waals surface area contributed by atoms with Crippen LogP contribution in [0.15, 0.2) is 18.2 Å². The smallest absolute Gasteiger partial charge is 0.124 e. The molecule has 0 bridgehead atoms. The zero-order valence-corrected chi connectivity index (χ0v) is 10.5. The standard InChI is InChI=1S/C13H20BNO/c1-10-7-11(5-6-14)3-4-13(10)16-12-8-15(2)9-12/h3-4,7,12H,5-6,8-9,14H2,1-2H3. The lowest BCUT2D eigenvalue weighted by Crippen LogP contribution is -2.51. The summed E-state index contributed by atoms with van der Waals surface area (Å²) in [6.45, 7) is 4.24. The minimum atomic E-state index is 0.390. The van der Waals surface area contributed by atoms with Gasteiger partial charge >= 0.3 is 0 Å². The summed E-state index contributed by atoms with van der Waals surface area (Å²) in [5, 5.41) is 0. The van der Waals surface area contributed by atoms with E-state index in [1.165, 1.54) is 17.4 Å². The number of aryl methyl sites for hydroxylation is 2. The van der Waals surface area contributed by atoms with Gasteiger partial charge in [-0.3, -0.25) is 4.90 Å². The predicted octanol–water partition coefficient (Wildman–Crippen LogP) is 1.28. The number of hydrogen-bond acceptors (Lipinski definition) is 2. The lowest BCUT2D eigenvalue weighted by atomic mass is 9.96. The summed E-state index contributed by atoms with van der Waals surface area (Å²) in [5.41, 5.74) is 2.68. The molecule has 3 heteroatoms. The molecule has 1 saturated heterocycles. The zero-order chi connectivity index (χ0) is 11.5. The van der Waals surface area contributed by atoms with Gasteiger partial charge in [-0.25, -0.2) is 0 Å². The van der Waals surface area contributed by atoms with E-state index < -0.39 is 0 Å². The minimum Gasteiger partial charge on any atom is -0.487 e. The van der Waals surface area contributed by atoms with Crippen LogP contribution in [0.3, 0.4) is 0 Å². The largest absolute Gasteiger partial charge is 0.487 e. The highest BCUT2D eigenvalue weighted by Gasteiger charge is 2.25. The second-order valence-electron chi connectivity index (χ2n) is 4.81. The SMILES string of the molecule is BCCc1ccc(OC2CN(C)C2)c(C)c1. The summed E-state index contributed by atoms with van der Waals surface area (Å²) in [7, 11) is 4.33. The van der Waals surface area contributed by atoms with Crippen molar-refractivity contribution in [2.24, 2.45) is 0 Å². The first kappa shape index (κ1) is 11.5. The van der Waals surface area contributed by atoms with Crippen LogP contribution in [0.4, 0.5) is 0 Å². The molecule has 0 unspecified atom stereocenters. The van der Waals surface area contributed by atoms with Gasteiger partial charge in [0.25, 0.3) is 0 Å². The molecule has 0 atom stereocenters. The van der Waals surface area contributed by atoms with Crippen molar-refractivity contribution in [1.82, 2.24) is 4.90 Å². The molecule has 0 spiro atoms. The molecule has 0 N–H and O–H groups in total. The van der Waals surface area contributed by atoms with Crippen LogP contribution in [0.5, 0.6) is 5.75 Å². The quantitative estimate of drug-likeness (QED) is 0.704. The van der Waals surface area contributed by atoms with Gasteiger partial charge in [-0.2, -0.15) is 0 Å². The molecule has 2 rings (SSSR count). The molecule has 1 aromatic rings. The Balaban J connectivity index is 1.99. The molecule has 0 aromatic heterocycles. The highest BCUT2D eigenvalue weighted by molar-refractivity contribution is 6.08. The van der Waals surface area contributed by atoms with E-state index in [-0.39, 0.29) is 0 Å². The van der Waals surface area contributed by atoms with Gasteiger partial charge in [0.05, 0.1) is 0 Å². The van der Waals surface area contributed by atoms with Crippen LogP contribution in [0, 0.1) is 6.92 Å². The lowest BCUT2D eigenvalue weighted by molar-refractivity contribution is 0.0383. The molecule has 0 amide bonds. The molecule has 0 radical (unpaired) electrons. The first-order chi connectivity index (χ1) is 7.69. The van der Waals surface area contributed by atoms with E-state index >= 15 is 0 Å². The van der Waals surface area contributed by atoms with Crippen molar-refractivity contribution in [3.63, 3.8) is 0 Å². The summed E-state index contributed by atoms with van der Waals surface area (Å²) in [6.07, 6.45) is 2.75. The minimum absolute atomic E-state index is 0.390. The maximum Gasteiger partial charge on any atom is 0.124 e. The first-order valence-corrected chi connectivity index (χ1v) is 6.13. The summed E-state index contributed by atoms with van der Waals surface area (Å²) >= 11 is 0. The first-order valence-electron chi connectivity index (χ1n) is 6.13. The summed E-state index contributed by atoms with van der Waals surface area (Å²) in [6, 6.07) is 6.56. The third kappa shape index (κ3) is 2.59. The number of nitrogens with zero attached hydrogens (tertiary/aromatic N) is 1. The van der Waals surface area contributed by atoms with Gasteiger partial charge in [0.2, 0.25) is 0 Å². The number of rotatable bonds is 4. The zero-order valence-electron chi connectivity index (χ0n) is 10.5. The van der Waals surface area contributed by atoms with E-state index in [0.717, 1.165) is 25.3 Å². The van der Waals surface area contributed by atoms with Gasteiger partial charge in [0, 0.05) is 13.1 Å². The van der Waals surface area contributed by atoms with Crippen molar-refractivity contribution in [3.05, 3.63) is 29.3 Å². The number of ether oxygens (including phenoxy) is 1. The summed E-state index contributed by atoms with van der Waals surface area (Å²) in [5.74, 6) is 1.05. The van der Waals surface area contributed by atoms with Crippen LogP contribution in [0.1, 0.15) is 11.1 Å². The van der Waals surface area contributed by atoms with Crippen LogP contribution in [0.2, 0.25) is 6.32 Å². The highest BCUT2D eigenvalue weighted by atomic mass is 16.5. The average Bonchev–Trinajstić information content (AvgIpc) is 2.20. The highest BCUT2D eigenvalue weighted by Crippen LogP contribution is 2.23. The van der Waals surface area contributed by atoms with Gasteiger partial charge in [-0.15, -0.1) is 0 Å². The lowest BCUT2D eigenvalue weighted by Gasteiger charge is -2.36. The predicted molar refractivity (Wildman–Crippen MR) is 70.1 cm³/mol.